The summed E-state index contributed by atoms with van der Waals surface area (Å²) in [6.07, 6.45) is 0. The molecular weight excluding hydrogens is 258 g/mol. The Kier molecular flexibility index (Phi) is 2.83. The second-order valence-corrected chi connectivity index (χ2v) is 3.84. The summed E-state index contributed by atoms with van der Waals surface area (Å²) in [5.41, 5.74) is 6.34. The summed E-state index contributed by atoms with van der Waals surface area (Å²) >= 11 is 3.44. The van der Waals surface area contributed by atoms with Crippen LogP contribution in [0.25, 0.3) is 10.9 Å². The first-order valence-corrected chi connectivity index (χ1v) is 5.24. The van der Waals surface area contributed by atoms with Crippen molar-refractivity contribution in [2.75, 3.05) is 7.11 Å². The fourth-order valence-electron chi connectivity index (χ4n) is 1.38. The first kappa shape index (κ1) is 10.3. The Labute approximate surface area is 95.6 Å². The summed E-state index contributed by atoms with van der Waals surface area (Å²) in [6, 6.07) is 5.76. The smallest absolute Gasteiger partial charge is 0.224 e. The minimum Gasteiger partial charge on any atom is -0.480 e. The van der Waals surface area contributed by atoms with Gasteiger partial charge < -0.3 is 10.5 Å². The number of ether oxygens (including phenoxy) is 1. The molecule has 0 amide bonds. The number of hydrogen-bond acceptors (Lipinski definition) is 4. The van der Waals surface area contributed by atoms with Gasteiger partial charge in [0.05, 0.1) is 24.6 Å². The van der Waals surface area contributed by atoms with Gasteiger partial charge in [0.25, 0.3) is 0 Å². The van der Waals surface area contributed by atoms with E-state index >= 15 is 0 Å². The Balaban J connectivity index is 2.80. The highest BCUT2D eigenvalue weighted by Gasteiger charge is 2.08. The molecule has 78 valence electrons. The van der Waals surface area contributed by atoms with Crippen molar-refractivity contribution in [2.45, 2.75) is 6.54 Å². The molecule has 0 saturated carbocycles. The molecule has 1 aromatic carbocycles. The van der Waals surface area contributed by atoms with Crippen LogP contribution in [0.5, 0.6) is 5.88 Å². The summed E-state index contributed by atoms with van der Waals surface area (Å²) in [5, 5.41) is 0.879. The van der Waals surface area contributed by atoms with E-state index in [4.69, 9.17) is 10.5 Å². The molecule has 0 bridgehead atoms. The van der Waals surface area contributed by atoms with Crippen molar-refractivity contribution in [3.63, 3.8) is 0 Å². The number of benzene rings is 1. The number of aromatic nitrogens is 2. The van der Waals surface area contributed by atoms with E-state index in [9.17, 15) is 0 Å². The van der Waals surface area contributed by atoms with Crippen LogP contribution in [0.15, 0.2) is 22.7 Å². The standard InChI is InChI=1S/C10H10BrN3O/c1-15-10-6-3-2-4-7(11)9(6)13-8(5-12)14-10/h2-4H,5,12H2,1H3. The van der Waals surface area contributed by atoms with Crippen molar-refractivity contribution in [1.82, 2.24) is 9.97 Å². The molecule has 2 aromatic rings. The van der Waals surface area contributed by atoms with Crippen LogP contribution in [-0.2, 0) is 6.54 Å². The van der Waals surface area contributed by atoms with E-state index in [2.05, 4.69) is 25.9 Å². The number of nitrogens with zero attached hydrogens (tertiary/aromatic N) is 2. The van der Waals surface area contributed by atoms with Gasteiger partial charge in [0.2, 0.25) is 5.88 Å². The molecule has 0 aliphatic heterocycles. The van der Waals surface area contributed by atoms with Crippen molar-refractivity contribution < 1.29 is 4.74 Å². The van der Waals surface area contributed by atoms with Gasteiger partial charge in [0, 0.05) is 4.47 Å². The van der Waals surface area contributed by atoms with Gasteiger partial charge in [-0.05, 0) is 28.1 Å². The second kappa shape index (κ2) is 4.12. The molecule has 5 heteroatoms. The van der Waals surface area contributed by atoms with Crippen LogP contribution in [0, 0.1) is 0 Å². The van der Waals surface area contributed by atoms with E-state index in [-0.39, 0.29) is 0 Å². The Bertz CT molecular complexity index is 501. The highest BCUT2D eigenvalue weighted by molar-refractivity contribution is 9.10. The van der Waals surface area contributed by atoms with Gasteiger partial charge in [-0.3, -0.25) is 0 Å². The zero-order valence-electron chi connectivity index (χ0n) is 8.20. The summed E-state index contributed by atoms with van der Waals surface area (Å²) < 4.78 is 6.11. The Hall–Kier alpha value is -1.20. The highest BCUT2D eigenvalue weighted by atomic mass is 79.9. The Morgan fingerprint density at radius 2 is 2.20 bits per heavy atom. The van der Waals surface area contributed by atoms with Crippen molar-refractivity contribution >= 4 is 26.8 Å². The maximum Gasteiger partial charge on any atom is 0.224 e. The van der Waals surface area contributed by atoms with Gasteiger partial charge in [-0.25, -0.2) is 4.98 Å². The second-order valence-electron chi connectivity index (χ2n) is 2.99. The number of rotatable bonds is 2. The summed E-state index contributed by atoms with van der Waals surface area (Å²) in [5.74, 6) is 1.13. The van der Waals surface area contributed by atoms with Crippen LogP contribution in [0.4, 0.5) is 0 Å². The number of nitrogens with two attached hydrogens (primary N) is 1. The number of para-hydroxylation sites is 1. The van der Waals surface area contributed by atoms with Gasteiger partial charge in [-0.2, -0.15) is 4.98 Å². The van der Waals surface area contributed by atoms with Gasteiger partial charge in [0.1, 0.15) is 5.82 Å². The minimum atomic E-state index is 0.299. The number of hydrogen-bond donors (Lipinski definition) is 1. The molecule has 1 heterocycles. The molecule has 0 fully saturated rings. The highest BCUT2D eigenvalue weighted by Crippen LogP contribution is 2.27. The maximum absolute atomic E-state index is 5.52. The predicted octanol–water partition coefficient (Wildman–Crippen LogP) is 1.86. The van der Waals surface area contributed by atoms with E-state index in [0.717, 1.165) is 15.4 Å². The lowest BCUT2D eigenvalue weighted by atomic mass is 10.2. The Morgan fingerprint density at radius 1 is 1.40 bits per heavy atom. The number of fused-ring (bicyclic) bond motifs is 1. The first-order valence-electron chi connectivity index (χ1n) is 4.45. The van der Waals surface area contributed by atoms with Crippen molar-refractivity contribution in [1.29, 1.82) is 0 Å². The molecule has 0 saturated heterocycles. The number of halogens is 1. The zero-order valence-corrected chi connectivity index (χ0v) is 9.78. The molecule has 15 heavy (non-hydrogen) atoms. The molecule has 2 rings (SSSR count). The monoisotopic (exact) mass is 267 g/mol. The first-order chi connectivity index (χ1) is 7.26. The largest absolute Gasteiger partial charge is 0.480 e. The van der Waals surface area contributed by atoms with E-state index in [0.29, 0.717) is 18.2 Å². The van der Waals surface area contributed by atoms with E-state index < -0.39 is 0 Å². The third-order valence-corrected chi connectivity index (χ3v) is 2.70. The molecule has 0 unspecified atom stereocenters. The lowest BCUT2D eigenvalue weighted by molar-refractivity contribution is 0.400. The molecule has 4 nitrogen and oxygen atoms in total. The minimum absolute atomic E-state index is 0.299. The van der Waals surface area contributed by atoms with E-state index in [1.54, 1.807) is 7.11 Å². The molecule has 0 atom stereocenters. The zero-order chi connectivity index (χ0) is 10.8. The fourth-order valence-corrected chi connectivity index (χ4v) is 1.83. The lowest BCUT2D eigenvalue weighted by Gasteiger charge is -2.07. The maximum atomic E-state index is 5.52. The van der Waals surface area contributed by atoms with Crippen LogP contribution in [0.3, 0.4) is 0 Å². The van der Waals surface area contributed by atoms with Crippen molar-refractivity contribution in [2.24, 2.45) is 5.73 Å². The average molecular weight is 268 g/mol. The molecule has 0 aliphatic rings. The molecule has 1 aromatic heterocycles. The molecule has 0 aliphatic carbocycles. The van der Waals surface area contributed by atoms with Gasteiger partial charge >= 0.3 is 0 Å². The SMILES string of the molecule is COc1nc(CN)nc2c(Br)cccc12. The van der Waals surface area contributed by atoms with Gasteiger partial charge in [0.15, 0.2) is 0 Å². The molecular formula is C10H10BrN3O. The van der Waals surface area contributed by atoms with Crippen molar-refractivity contribution in [3.05, 3.63) is 28.5 Å². The average Bonchev–Trinajstić information content (AvgIpc) is 2.28. The van der Waals surface area contributed by atoms with E-state index in [1.165, 1.54) is 0 Å². The quantitative estimate of drug-likeness (QED) is 0.903. The fraction of sp³-hybridized carbons (Fsp3) is 0.200. The van der Waals surface area contributed by atoms with Crippen LogP contribution < -0.4 is 10.5 Å². The third kappa shape index (κ3) is 1.80. The Morgan fingerprint density at radius 3 is 2.87 bits per heavy atom. The summed E-state index contributed by atoms with van der Waals surface area (Å²) in [6.45, 7) is 0.299. The molecule has 0 radical (unpaired) electrons. The molecule has 0 spiro atoms. The van der Waals surface area contributed by atoms with E-state index in [1.807, 2.05) is 18.2 Å². The third-order valence-electron chi connectivity index (χ3n) is 2.06. The topological polar surface area (TPSA) is 61.0 Å². The summed E-state index contributed by atoms with van der Waals surface area (Å²) in [7, 11) is 1.59. The van der Waals surface area contributed by atoms with Crippen LogP contribution in [-0.4, -0.2) is 17.1 Å². The van der Waals surface area contributed by atoms with Crippen molar-refractivity contribution in [3.8, 4) is 5.88 Å². The normalized spacial score (nSPS) is 10.6. The van der Waals surface area contributed by atoms with Crippen LogP contribution >= 0.6 is 15.9 Å². The van der Waals surface area contributed by atoms with Crippen LogP contribution in [0.2, 0.25) is 0 Å². The van der Waals surface area contributed by atoms with Gasteiger partial charge in [-0.1, -0.05) is 6.07 Å². The molecule has 2 N–H and O–H groups in total. The van der Waals surface area contributed by atoms with Gasteiger partial charge in [-0.15, -0.1) is 0 Å². The predicted molar refractivity (Wildman–Crippen MR) is 61.7 cm³/mol. The van der Waals surface area contributed by atoms with Crippen LogP contribution in [0.1, 0.15) is 5.82 Å². The lowest BCUT2D eigenvalue weighted by Crippen LogP contribution is -2.05. The summed E-state index contributed by atoms with van der Waals surface area (Å²) in [4.78, 5) is 8.54. The number of methoxy groups -OCH3 is 1.